The minimum absolute atomic E-state index is 0.0559. The van der Waals surface area contributed by atoms with Crippen molar-refractivity contribution in [2.75, 3.05) is 17.1 Å². The lowest BCUT2D eigenvalue weighted by Crippen LogP contribution is -2.14. The normalized spacial score (nSPS) is 11.2. The molecule has 0 aromatic heterocycles. The Labute approximate surface area is 184 Å². The average Bonchev–Trinajstić information content (AvgIpc) is 2.79. The summed E-state index contributed by atoms with van der Waals surface area (Å²) >= 11 is 0. The van der Waals surface area contributed by atoms with Crippen LogP contribution in [-0.4, -0.2) is 21.4 Å². The van der Waals surface area contributed by atoms with E-state index in [-0.39, 0.29) is 10.8 Å². The molecule has 0 atom stereocenters. The summed E-state index contributed by atoms with van der Waals surface area (Å²) in [7, 11) is -2.36. The fraction of sp³-hybridized carbons (Fsp3) is 0.0417. The van der Waals surface area contributed by atoms with E-state index in [1.807, 2.05) is 24.3 Å². The van der Waals surface area contributed by atoms with Crippen molar-refractivity contribution in [2.45, 2.75) is 4.90 Å². The molecule has 0 fully saturated rings. The van der Waals surface area contributed by atoms with Crippen molar-refractivity contribution in [1.29, 1.82) is 0 Å². The zero-order valence-electron chi connectivity index (χ0n) is 17.0. The zero-order valence-corrected chi connectivity index (χ0v) is 17.8. The molecule has 0 unspecified atom stereocenters. The van der Waals surface area contributed by atoms with Gasteiger partial charge in [-0.1, -0.05) is 24.3 Å². The van der Waals surface area contributed by atoms with Gasteiger partial charge in [-0.25, -0.2) is 12.8 Å². The van der Waals surface area contributed by atoms with Gasteiger partial charge in [0.15, 0.2) is 0 Å². The molecule has 0 bridgehead atoms. The van der Waals surface area contributed by atoms with E-state index in [1.54, 1.807) is 24.3 Å². The van der Waals surface area contributed by atoms with Crippen LogP contribution in [0.4, 0.5) is 15.8 Å². The summed E-state index contributed by atoms with van der Waals surface area (Å²) in [6, 6.07) is 21.9. The van der Waals surface area contributed by atoms with E-state index >= 15 is 0 Å². The number of fused-ring (bicyclic) bond motifs is 1. The molecule has 0 aliphatic rings. The average molecular weight is 450 g/mol. The maximum absolute atomic E-state index is 13.0. The molecule has 0 saturated carbocycles. The van der Waals surface area contributed by atoms with Crippen LogP contribution < -0.4 is 14.8 Å². The van der Waals surface area contributed by atoms with Gasteiger partial charge in [0.05, 0.1) is 17.6 Å². The first-order valence-electron chi connectivity index (χ1n) is 9.62. The first-order valence-corrected chi connectivity index (χ1v) is 11.1. The number of rotatable bonds is 6. The number of carbonyl (C=O) groups excluding carboxylic acids is 1. The van der Waals surface area contributed by atoms with Gasteiger partial charge in [-0.05, 0) is 71.4 Å². The Morgan fingerprint density at radius 2 is 1.44 bits per heavy atom. The van der Waals surface area contributed by atoms with E-state index < -0.39 is 15.8 Å². The molecule has 4 aromatic rings. The molecular weight excluding hydrogens is 431 g/mol. The second-order valence-corrected chi connectivity index (χ2v) is 8.67. The lowest BCUT2D eigenvalue weighted by atomic mass is 10.1. The maximum Gasteiger partial charge on any atom is 0.261 e. The van der Waals surface area contributed by atoms with Crippen LogP contribution in [0.1, 0.15) is 10.4 Å². The standard InChI is InChI=1S/C24H19FN2O4S/c1-31-23-15-17-5-3-2-4-16(17)14-22(23)24(28)26-19-8-10-20(11-9-19)27-32(29,30)21-12-6-18(25)7-13-21/h2-15,27H,1H3,(H,26,28). The van der Waals surface area contributed by atoms with Gasteiger partial charge >= 0.3 is 0 Å². The molecule has 0 aliphatic heterocycles. The number of sulfonamides is 1. The predicted molar refractivity (Wildman–Crippen MR) is 122 cm³/mol. The number of ether oxygens (including phenoxy) is 1. The number of hydrogen-bond acceptors (Lipinski definition) is 4. The number of hydrogen-bond donors (Lipinski definition) is 2. The van der Waals surface area contributed by atoms with Crippen LogP contribution in [0.25, 0.3) is 10.8 Å². The Morgan fingerprint density at radius 3 is 2.06 bits per heavy atom. The second-order valence-electron chi connectivity index (χ2n) is 6.99. The summed E-state index contributed by atoms with van der Waals surface area (Å²) in [6.45, 7) is 0. The van der Waals surface area contributed by atoms with Crippen molar-refractivity contribution in [3.8, 4) is 5.75 Å². The van der Waals surface area contributed by atoms with Gasteiger partial charge in [0.2, 0.25) is 0 Å². The molecule has 2 N–H and O–H groups in total. The van der Waals surface area contributed by atoms with Crippen molar-refractivity contribution in [1.82, 2.24) is 0 Å². The number of methoxy groups -OCH3 is 1. The minimum Gasteiger partial charge on any atom is -0.496 e. The van der Waals surface area contributed by atoms with Gasteiger partial charge in [-0.3, -0.25) is 9.52 Å². The molecule has 0 radical (unpaired) electrons. The topological polar surface area (TPSA) is 84.5 Å². The first kappa shape index (κ1) is 21.3. The molecule has 0 saturated heterocycles. The van der Waals surface area contributed by atoms with Gasteiger partial charge in [-0.15, -0.1) is 0 Å². The molecule has 32 heavy (non-hydrogen) atoms. The molecule has 8 heteroatoms. The highest BCUT2D eigenvalue weighted by molar-refractivity contribution is 7.92. The Hall–Kier alpha value is -3.91. The number of halogens is 1. The smallest absolute Gasteiger partial charge is 0.261 e. The van der Waals surface area contributed by atoms with Crippen LogP contribution in [0.5, 0.6) is 5.75 Å². The molecule has 0 spiro atoms. The Balaban J connectivity index is 1.51. The van der Waals surface area contributed by atoms with Crippen molar-refractivity contribution >= 4 is 38.1 Å². The fourth-order valence-corrected chi connectivity index (χ4v) is 4.27. The van der Waals surface area contributed by atoms with E-state index in [0.717, 1.165) is 22.9 Å². The third kappa shape index (κ3) is 4.55. The number of nitrogens with one attached hydrogen (secondary N) is 2. The molecule has 4 rings (SSSR count). The molecule has 4 aromatic carbocycles. The van der Waals surface area contributed by atoms with Gasteiger partial charge in [0.25, 0.3) is 15.9 Å². The van der Waals surface area contributed by atoms with Crippen molar-refractivity contribution in [2.24, 2.45) is 0 Å². The number of anilines is 2. The van der Waals surface area contributed by atoms with Crippen LogP contribution in [0, 0.1) is 5.82 Å². The number of amides is 1. The Morgan fingerprint density at radius 1 is 0.844 bits per heavy atom. The summed E-state index contributed by atoms with van der Waals surface area (Å²) in [6.07, 6.45) is 0. The van der Waals surface area contributed by atoms with Crippen molar-refractivity contribution in [3.63, 3.8) is 0 Å². The molecule has 6 nitrogen and oxygen atoms in total. The lowest BCUT2D eigenvalue weighted by Gasteiger charge is -2.12. The number of carbonyl (C=O) groups is 1. The van der Waals surface area contributed by atoms with Crippen molar-refractivity contribution in [3.05, 3.63) is 96.3 Å². The zero-order chi connectivity index (χ0) is 22.7. The van der Waals surface area contributed by atoms with E-state index in [1.165, 1.54) is 31.4 Å². The van der Waals surface area contributed by atoms with Gasteiger partial charge in [0.1, 0.15) is 11.6 Å². The van der Waals surface area contributed by atoms with Crippen LogP contribution >= 0.6 is 0 Å². The van der Waals surface area contributed by atoms with E-state index in [2.05, 4.69) is 10.0 Å². The minimum atomic E-state index is -3.86. The highest BCUT2D eigenvalue weighted by Crippen LogP contribution is 2.27. The van der Waals surface area contributed by atoms with Crippen LogP contribution in [0.15, 0.2) is 89.8 Å². The SMILES string of the molecule is COc1cc2ccccc2cc1C(=O)Nc1ccc(NS(=O)(=O)c2ccc(F)cc2)cc1. The predicted octanol–water partition coefficient (Wildman–Crippen LogP) is 5.04. The molecular formula is C24H19FN2O4S. The summed E-state index contributed by atoms with van der Waals surface area (Å²) in [5, 5.41) is 4.65. The highest BCUT2D eigenvalue weighted by atomic mass is 32.2. The van der Waals surface area contributed by atoms with Gasteiger partial charge in [0, 0.05) is 11.4 Å². The third-order valence-electron chi connectivity index (χ3n) is 4.83. The summed E-state index contributed by atoms with van der Waals surface area (Å²) in [4.78, 5) is 12.8. The summed E-state index contributed by atoms with van der Waals surface area (Å²) in [5.41, 5.74) is 1.16. The molecule has 162 valence electrons. The van der Waals surface area contributed by atoms with Crippen LogP contribution in [0.2, 0.25) is 0 Å². The van der Waals surface area contributed by atoms with Gasteiger partial charge in [-0.2, -0.15) is 0 Å². The number of benzene rings is 4. The van der Waals surface area contributed by atoms with Crippen LogP contribution in [0.3, 0.4) is 0 Å². The lowest BCUT2D eigenvalue weighted by molar-refractivity contribution is 0.102. The monoisotopic (exact) mass is 450 g/mol. The first-order chi connectivity index (χ1) is 15.4. The largest absolute Gasteiger partial charge is 0.496 e. The Kier molecular flexibility index (Phi) is 5.79. The quantitative estimate of drug-likeness (QED) is 0.431. The fourth-order valence-electron chi connectivity index (χ4n) is 3.21. The van der Waals surface area contributed by atoms with Gasteiger partial charge < -0.3 is 10.1 Å². The van der Waals surface area contributed by atoms with E-state index in [4.69, 9.17) is 4.74 Å². The molecule has 0 heterocycles. The van der Waals surface area contributed by atoms with E-state index in [9.17, 15) is 17.6 Å². The Bertz CT molecular complexity index is 1390. The molecule has 0 aliphatic carbocycles. The summed E-state index contributed by atoms with van der Waals surface area (Å²) in [5.74, 6) is -0.427. The van der Waals surface area contributed by atoms with Crippen LogP contribution in [-0.2, 0) is 10.0 Å². The van der Waals surface area contributed by atoms with Crippen molar-refractivity contribution < 1.29 is 22.3 Å². The highest BCUT2D eigenvalue weighted by Gasteiger charge is 2.16. The maximum atomic E-state index is 13.0. The third-order valence-corrected chi connectivity index (χ3v) is 6.23. The summed E-state index contributed by atoms with van der Waals surface area (Å²) < 4.78 is 45.7. The second kappa shape index (κ2) is 8.68. The molecule has 1 amide bonds. The van der Waals surface area contributed by atoms with E-state index in [0.29, 0.717) is 22.7 Å².